The Hall–Kier alpha value is -5.89. The Morgan fingerprint density at radius 1 is 0.417 bits per heavy atom. The van der Waals surface area contributed by atoms with Gasteiger partial charge in [-0.2, -0.15) is 8.42 Å². The summed E-state index contributed by atoms with van der Waals surface area (Å²) in [5.74, 6) is 2.56. The molecule has 0 saturated heterocycles. The fraction of sp³-hybridized carbons (Fsp3) is 0.245. The van der Waals surface area contributed by atoms with E-state index >= 15 is 0 Å². The fourth-order valence-corrected chi connectivity index (χ4v) is 8.10. The molecule has 0 aliphatic carbocycles. The van der Waals surface area contributed by atoms with Crippen molar-refractivity contribution in [3.05, 3.63) is 145 Å². The van der Waals surface area contributed by atoms with E-state index in [9.17, 15) is 8.42 Å². The second kappa shape index (κ2) is 15.9. The quantitative estimate of drug-likeness (QED) is 0.127. The van der Waals surface area contributed by atoms with Crippen molar-refractivity contribution >= 4 is 42.4 Å². The molecule has 0 saturated carbocycles. The molecule has 1 N–H and O–H groups in total. The Balaban J connectivity index is 0.000000431. The maximum Gasteiger partial charge on any atom is 0.294 e. The molecule has 0 atom stereocenters. The molecule has 0 aliphatic rings. The standard InChI is InChI=1S/C46H46O3.C7H8O3S/c1-44(2,3)47-34-21-13-31(14-22-34)40-37-27-19-29-11-10-12-30-20-28-38(43(37)39(29)30)41(32-15-23-35(24-16-32)48-45(4,5)6)42(40)33-17-25-36(26-18-33)49-46(7,8)9;1-6-2-4-7(5-3-6)11(8,9)10/h10-28H,1-9H3;2-5H,1H3,(H,8,9,10). The topological polar surface area (TPSA) is 82.1 Å². The van der Waals surface area contributed by atoms with Gasteiger partial charge in [-0.25, -0.2) is 0 Å². The van der Waals surface area contributed by atoms with Crippen LogP contribution in [0.5, 0.6) is 17.2 Å². The summed E-state index contributed by atoms with van der Waals surface area (Å²) in [6.45, 7) is 20.6. The molecule has 0 amide bonds. The van der Waals surface area contributed by atoms with Crippen molar-refractivity contribution in [2.24, 2.45) is 0 Å². The van der Waals surface area contributed by atoms with Crippen LogP contribution in [0.2, 0.25) is 0 Å². The second-order valence-electron chi connectivity index (χ2n) is 18.3. The van der Waals surface area contributed by atoms with Gasteiger partial charge in [0.15, 0.2) is 0 Å². The lowest BCUT2D eigenvalue weighted by atomic mass is 9.79. The summed E-state index contributed by atoms with van der Waals surface area (Å²) in [6.07, 6.45) is 0. The van der Waals surface area contributed by atoms with Gasteiger partial charge in [-0.1, -0.05) is 96.6 Å². The Morgan fingerprint density at radius 3 is 1.10 bits per heavy atom. The zero-order valence-electron chi connectivity index (χ0n) is 36.2. The van der Waals surface area contributed by atoms with E-state index in [1.54, 1.807) is 12.1 Å². The first-order valence-electron chi connectivity index (χ1n) is 20.3. The van der Waals surface area contributed by atoms with E-state index in [0.717, 1.165) is 39.5 Å². The summed E-state index contributed by atoms with van der Waals surface area (Å²) in [6, 6.07) is 47.6. The van der Waals surface area contributed by atoms with Gasteiger partial charge in [0.2, 0.25) is 0 Å². The lowest BCUT2D eigenvalue weighted by Gasteiger charge is -2.25. The molecule has 8 rings (SSSR count). The molecule has 0 aliphatic heterocycles. The molecule has 0 unspecified atom stereocenters. The van der Waals surface area contributed by atoms with Crippen molar-refractivity contribution in [1.29, 1.82) is 0 Å². The van der Waals surface area contributed by atoms with Crippen molar-refractivity contribution in [3.8, 4) is 50.6 Å². The lowest BCUT2D eigenvalue weighted by Crippen LogP contribution is -2.22. The van der Waals surface area contributed by atoms with Gasteiger partial charge in [-0.15, -0.1) is 0 Å². The van der Waals surface area contributed by atoms with Crippen LogP contribution in [0.1, 0.15) is 67.9 Å². The smallest absolute Gasteiger partial charge is 0.294 e. The summed E-state index contributed by atoms with van der Waals surface area (Å²) in [5, 5.41) is 7.51. The van der Waals surface area contributed by atoms with Crippen LogP contribution < -0.4 is 14.2 Å². The molecule has 0 heterocycles. The third kappa shape index (κ3) is 9.59. The van der Waals surface area contributed by atoms with Gasteiger partial charge in [0, 0.05) is 0 Å². The van der Waals surface area contributed by atoms with Crippen LogP contribution in [0.4, 0.5) is 0 Å². The molecule has 8 aromatic rings. The van der Waals surface area contributed by atoms with E-state index in [1.807, 2.05) is 6.92 Å². The zero-order valence-corrected chi connectivity index (χ0v) is 37.0. The van der Waals surface area contributed by atoms with Crippen LogP contribution >= 0.6 is 0 Å². The van der Waals surface area contributed by atoms with Crippen molar-refractivity contribution < 1.29 is 27.2 Å². The molecule has 6 nitrogen and oxygen atoms in total. The van der Waals surface area contributed by atoms with Crippen molar-refractivity contribution in [2.45, 2.75) is 90.9 Å². The average Bonchev–Trinajstić information content (AvgIpc) is 3.16. The molecule has 0 fully saturated rings. The van der Waals surface area contributed by atoms with Crippen LogP contribution in [0.25, 0.3) is 65.7 Å². The third-order valence-electron chi connectivity index (χ3n) is 9.84. The van der Waals surface area contributed by atoms with Crippen LogP contribution in [0.3, 0.4) is 0 Å². The summed E-state index contributed by atoms with van der Waals surface area (Å²) >= 11 is 0. The summed E-state index contributed by atoms with van der Waals surface area (Å²) in [4.78, 5) is -0.0666. The van der Waals surface area contributed by atoms with Gasteiger partial charge in [-0.05, 0) is 183 Å². The second-order valence-corrected chi connectivity index (χ2v) is 19.7. The summed E-state index contributed by atoms with van der Waals surface area (Å²) < 4.78 is 48.3. The van der Waals surface area contributed by atoms with Gasteiger partial charge in [-0.3, -0.25) is 4.55 Å². The van der Waals surface area contributed by atoms with Crippen LogP contribution in [-0.2, 0) is 10.1 Å². The van der Waals surface area contributed by atoms with Gasteiger partial charge < -0.3 is 14.2 Å². The largest absolute Gasteiger partial charge is 0.488 e. The SMILES string of the molecule is CC(C)(C)Oc1ccc(-c2c(-c3ccc(OC(C)(C)C)cc3)c3ccc4cccc5ccc(c2-c2ccc(OC(C)(C)C)cc2)c3c45)cc1.Cc1ccc(S(=O)(=O)O)cc1. The highest BCUT2D eigenvalue weighted by atomic mass is 32.2. The molecule has 0 radical (unpaired) electrons. The monoisotopic (exact) mass is 818 g/mol. The molecule has 308 valence electrons. The minimum atomic E-state index is -4.02. The Labute approximate surface area is 354 Å². The molecule has 60 heavy (non-hydrogen) atoms. The molecule has 0 bridgehead atoms. The average molecular weight is 819 g/mol. The van der Waals surface area contributed by atoms with Crippen LogP contribution in [0, 0.1) is 6.92 Å². The minimum absolute atomic E-state index is 0.0666. The predicted molar refractivity (Wildman–Crippen MR) is 249 cm³/mol. The Bertz CT molecular complexity index is 2750. The minimum Gasteiger partial charge on any atom is -0.488 e. The molecular weight excluding hydrogens is 765 g/mol. The normalized spacial score (nSPS) is 12.4. The summed E-state index contributed by atoms with van der Waals surface area (Å²) in [7, 11) is -4.02. The first-order chi connectivity index (χ1) is 28.1. The first kappa shape index (κ1) is 42.2. The zero-order chi connectivity index (χ0) is 43.2. The Kier molecular flexibility index (Phi) is 11.2. The van der Waals surface area contributed by atoms with Crippen LogP contribution in [0.15, 0.2) is 144 Å². The number of rotatable bonds is 7. The molecule has 8 aromatic carbocycles. The number of ether oxygens (including phenoxy) is 3. The lowest BCUT2D eigenvalue weighted by molar-refractivity contribution is 0.130. The summed E-state index contributed by atoms with van der Waals surface area (Å²) in [5.41, 5.74) is 7.07. The molecule has 7 heteroatoms. The molecule has 0 spiro atoms. The number of hydrogen-bond donors (Lipinski definition) is 1. The molecular formula is C53H54O6S. The van der Waals surface area contributed by atoms with Crippen LogP contribution in [-0.4, -0.2) is 29.8 Å². The Morgan fingerprint density at radius 2 is 0.767 bits per heavy atom. The third-order valence-corrected chi connectivity index (χ3v) is 10.7. The van der Waals surface area contributed by atoms with E-state index in [1.165, 1.54) is 61.1 Å². The predicted octanol–water partition coefficient (Wildman–Crippen LogP) is 14.4. The maximum absolute atomic E-state index is 10.5. The number of hydrogen-bond acceptors (Lipinski definition) is 5. The van der Waals surface area contributed by atoms with Crippen molar-refractivity contribution in [1.82, 2.24) is 0 Å². The van der Waals surface area contributed by atoms with E-state index in [2.05, 4.69) is 178 Å². The highest BCUT2D eigenvalue weighted by Gasteiger charge is 2.24. The van der Waals surface area contributed by atoms with E-state index in [-0.39, 0.29) is 21.7 Å². The fourth-order valence-electron chi connectivity index (χ4n) is 7.62. The number of aryl methyl sites for hydroxylation is 1. The number of benzene rings is 8. The maximum atomic E-state index is 10.5. The highest BCUT2D eigenvalue weighted by Crippen LogP contribution is 2.51. The van der Waals surface area contributed by atoms with E-state index < -0.39 is 10.1 Å². The van der Waals surface area contributed by atoms with Crippen molar-refractivity contribution in [2.75, 3.05) is 0 Å². The van der Waals surface area contributed by atoms with E-state index in [0.29, 0.717) is 0 Å². The van der Waals surface area contributed by atoms with Gasteiger partial charge in [0.05, 0.1) is 4.90 Å². The van der Waals surface area contributed by atoms with Gasteiger partial charge in [0.25, 0.3) is 10.1 Å². The molecule has 0 aromatic heterocycles. The van der Waals surface area contributed by atoms with Gasteiger partial charge in [0.1, 0.15) is 34.1 Å². The first-order valence-corrected chi connectivity index (χ1v) is 21.7. The highest BCUT2D eigenvalue weighted by molar-refractivity contribution is 7.85. The van der Waals surface area contributed by atoms with Gasteiger partial charge >= 0.3 is 0 Å². The van der Waals surface area contributed by atoms with E-state index in [4.69, 9.17) is 18.8 Å². The van der Waals surface area contributed by atoms with Crippen molar-refractivity contribution in [3.63, 3.8) is 0 Å².